The molecule has 0 spiro atoms. The standard InChI is InChI=1S/C9H12ClNO/c1-2-9(11,12)7-3-5-8(10)6-4-7/h3-6,12H,2,11H2,1H3. The third-order valence-electron chi connectivity index (χ3n) is 1.88. The molecule has 1 aromatic rings. The second-order valence-electron chi connectivity index (χ2n) is 2.78. The molecule has 3 heteroatoms. The van der Waals surface area contributed by atoms with Crippen LogP contribution in [0.3, 0.4) is 0 Å². The van der Waals surface area contributed by atoms with Gasteiger partial charge in [-0.25, -0.2) is 0 Å². The monoisotopic (exact) mass is 185 g/mol. The van der Waals surface area contributed by atoms with Gasteiger partial charge in [-0.05, 0) is 24.1 Å². The van der Waals surface area contributed by atoms with E-state index in [0.717, 1.165) is 0 Å². The summed E-state index contributed by atoms with van der Waals surface area (Å²) in [6.45, 7) is 1.83. The minimum atomic E-state index is -1.23. The van der Waals surface area contributed by atoms with E-state index >= 15 is 0 Å². The number of halogens is 1. The predicted octanol–water partition coefficient (Wildman–Crippen LogP) is 1.85. The summed E-state index contributed by atoms with van der Waals surface area (Å²) in [7, 11) is 0. The molecular formula is C9H12ClNO. The van der Waals surface area contributed by atoms with E-state index in [4.69, 9.17) is 17.3 Å². The minimum absolute atomic E-state index is 0.481. The highest BCUT2D eigenvalue weighted by molar-refractivity contribution is 6.30. The molecule has 12 heavy (non-hydrogen) atoms. The lowest BCUT2D eigenvalue weighted by atomic mass is 10.0. The van der Waals surface area contributed by atoms with Gasteiger partial charge in [0.1, 0.15) is 5.72 Å². The molecule has 0 bridgehead atoms. The van der Waals surface area contributed by atoms with Crippen LogP contribution in [0.25, 0.3) is 0 Å². The fraction of sp³-hybridized carbons (Fsp3) is 0.333. The van der Waals surface area contributed by atoms with E-state index in [1.54, 1.807) is 24.3 Å². The number of hydrogen-bond donors (Lipinski definition) is 2. The number of nitrogens with two attached hydrogens (primary N) is 1. The molecule has 3 N–H and O–H groups in total. The van der Waals surface area contributed by atoms with Gasteiger partial charge in [0.25, 0.3) is 0 Å². The highest BCUT2D eigenvalue weighted by Crippen LogP contribution is 2.20. The normalized spacial score (nSPS) is 15.7. The van der Waals surface area contributed by atoms with Crippen molar-refractivity contribution in [2.75, 3.05) is 0 Å². The zero-order valence-electron chi connectivity index (χ0n) is 6.92. The number of aliphatic hydroxyl groups is 1. The molecule has 2 nitrogen and oxygen atoms in total. The fourth-order valence-corrected chi connectivity index (χ4v) is 1.07. The van der Waals surface area contributed by atoms with Crippen molar-refractivity contribution in [3.05, 3.63) is 34.9 Å². The second kappa shape index (κ2) is 3.44. The van der Waals surface area contributed by atoms with Gasteiger partial charge in [-0.1, -0.05) is 30.7 Å². The first kappa shape index (κ1) is 9.52. The average Bonchev–Trinajstić information content (AvgIpc) is 2.05. The first-order valence-corrected chi connectivity index (χ1v) is 4.21. The summed E-state index contributed by atoms with van der Waals surface area (Å²) >= 11 is 5.68. The first-order valence-electron chi connectivity index (χ1n) is 3.83. The van der Waals surface area contributed by atoms with Crippen LogP contribution in [-0.2, 0) is 5.72 Å². The molecule has 0 aliphatic heterocycles. The van der Waals surface area contributed by atoms with Crippen molar-refractivity contribution in [3.8, 4) is 0 Å². The van der Waals surface area contributed by atoms with E-state index < -0.39 is 5.72 Å². The first-order chi connectivity index (χ1) is 5.56. The van der Waals surface area contributed by atoms with Crippen LogP contribution in [0.4, 0.5) is 0 Å². The summed E-state index contributed by atoms with van der Waals surface area (Å²) in [6, 6.07) is 6.88. The van der Waals surface area contributed by atoms with Crippen LogP contribution < -0.4 is 5.73 Å². The molecule has 0 aliphatic rings. The Hall–Kier alpha value is -0.570. The number of benzene rings is 1. The van der Waals surface area contributed by atoms with Crippen LogP contribution >= 0.6 is 11.6 Å². The third kappa shape index (κ3) is 1.97. The Balaban J connectivity index is 2.96. The molecule has 0 aromatic heterocycles. The minimum Gasteiger partial charge on any atom is -0.372 e. The highest BCUT2D eigenvalue weighted by atomic mass is 35.5. The van der Waals surface area contributed by atoms with Crippen molar-refractivity contribution in [1.82, 2.24) is 0 Å². The smallest absolute Gasteiger partial charge is 0.139 e. The van der Waals surface area contributed by atoms with Crippen LogP contribution in [0.1, 0.15) is 18.9 Å². The third-order valence-corrected chi connectivity index (χ3v) is 2.14. The molecule has 0 radical (unpaired) electrons. The Bertz CT molecular complexity index is 256. The summed E-state index contributed by atoms with van der Waals surface area (Å²) in [4.78, 5) is 0. The van der Waals surface area contributed by atoms with Crippen molar-refractivity contribution in [1.29, 1.82) is 0 Å². The van der Waals surface area contributed by atoms with E-state index in [1.807, 2.05) is 6.92 Å². The largest absolute Gasteiger partial charge is 0.372 e. The van der Waals surface area contributed by atoms with Crippen molar-refractivity contribution < 1.29 is 5.11 Å². The number of hydrogen-bond acceptors (Lipinski definition) is 2. The lowest BCUT2D eigenvalue weighted by molar-refractivity contribution is 0.0395. The molecule has 1 rings (SSSR count). The van der Waals surface area contributed by atoms with E-state index in [2.05, 4.69) is 0 Å². The van der Waals surface area contributed by atoms with Crippen molar-refractivity contribution in [2.24, 2.45) is 5.73 Å². The fourth-order valence-electron chi connectivity index (χ4n) is 0.943. The predicted molar refractivity (Wildman–Crippen MR) is 49.8 cm³/mol. The van der Waals surface area contributed by atoms with Crippen LogP contribution in [0, 0.1) is 0 Å². The molecule has 66 valence electrons. The Morgan fingerprint density at radius 1 is 1.42 bits per heavy atom. The van der Waals surface area contributed by atoms with Gasteiger partial charge in [0.05, 0.1) is 0 Å². The lowest BCUT2D eigenvalue weighted by Crippen LogP contribution is -2.35. The number of rotatable bonds is 2. The molecule has 0 fully saturated rings. The zero-order valence-corrected chi connectivity index (χ0v) is 7.67. The molecule has 1 unspecified atom stereocenters. The molecular weight excluding hydrogens is 174 g/mol. The van der Waals surface area contributed by atoms with Gasteiger partial charge in [-0.2, -0.15) is 0 Å². The zero-order chi connectivity index (χ0) is 9.19. The lowest BCUT2D eigenvalue weighted by Gasteiger charge is -2.21. The Kier molecular flexibility index (Phi) is 2.73. The molecule has 1 aromatic carbocycles. The SMILES string of the molecule is CCC(N)(O)c1ccc(Cl)cc1. The van der Waals surface area contributed by atoms with Crippen molar-refractivity contribution >= 4 is 11.6 Å². The quantitative estimate of drug-likeness (QED) is 0.691. The van der Waals surface area contributed by atoms with Crippen molar-refractivity contribution in [2.45, 2.75) is 19.1 Å². The van der Waals surface area contributed by atoms with Gasteiger partial charge in [-0.3, -0.25) is 5.73 Å². The Morgan fingerprint density at radius 3 is 2.33 bits per heavy atom. The summed E-state index contributed by atoms with van der Waals surface area (Å²) in [6.07, 6.45) is 0.481. The van der Waals surface area contributed by atoms with Crippen LogP contribution in [-0.4, -0.2) is 5.11 Å². The molecule has 0 saturated carbocycles. The molecule has 1 atom stereocenters. The maximum Gasteiger partial charge on any atom is 0.139 e. The maximum atomic E-state index is 9.62. The van der Waals surface area contributed by atoms with Gasteiger partial charge < -0.3 is 5.11 Å². The maximum absolute atomic E-state index is 9.62. The summed E-state index contributed by atoms with van der Waals surface area (Å²) in [5.41, 5.74) is 5.06. The van der Waals surface area contributed by atoms with Gasteiger partial charge in [0.2, 0.25) is 0 Å². The van der Waals surface area contributed by atoms with Gasteiger partial charge in [0.15, 0.2) is 0 Å². The van der Waals surface area contributed by atoms with Crippen LogP contribution in [0.15, 0.2) is 24.3 Å². The molecule has 0 saturated heterocycles. The average molecular weight is 186 g/mol. The van der Waals surface area contributed by atoms with E-state index in [0.29, 0.717) is 17.0 Å². The topological polar surface area (TPSA) is 46.2 Å². The van der Waals surface area contributed by atoms with Crippen LogP contribution in [0.2, 0.25) is 5.02 Å². The van der Waals surface area contributed by atoms with Crippen molar-refractivity contribution in [3.63, 3.8) is 0 Å². The summed E-state index contributed by atoms with van der Waals surface area (Å²) in [5, 5.41) is 10.3. The molecule has 0 amide bonds. The Labute approximate surface area is 77.0 Å². The van der Waals surface area contributed by atoms with E-state index in [1.165, 1.54) is 0 Å². The van der Waals surface area contributed by atoms with E-state index in [-0.39, 0.29) is 0 Å². The molecule has 0 aliphatic carbocycles. The molecule has 0 heterocycles. The van der Waals surface area contributed by atoms with Gasteiger partial charge in [-0.15, -0.1) is 0 Å². The highest BCUT2D eigenvalue weighted by Gasteiger charge is 2.20. The summed E-state index contributed by atoms with van der Waals surface area (Å²) < 4.78 is 0. The van der Waals surface area contributed by atoms with Gasteiger partial charge in [0, 0.05) is 5.02 Å². The van der Waals surface area contributed by atoms with E-state index in [9.17, 15) is 5.11 Å². The van der Waals surface area contributed by atoms with Crippen LogP contribution in [0.5, 0.6) is 0 Å². The van der Waals surface area contributed by atoms with Gasteiger partial charge >= 0.3 is 0 Å². The second-order valence-corrected chi connectivity index (χ2v) is 3.22. The summed E-state index contributed by atoms with van der Waals surface area (Å²) in [5.74, 6) is 0. The Morgan fingerprint density at radius 2 is 1.92 bits per heavy atom.